The van der Waals surface area contributed by atoms with Crippen molar-refractivity contribution >= 4 is 5.82 Å². The molecule has 1 aromatic carbocycles. The fourth-order valence-electron chi connectivity index (χ4n) is 2.67. The maximum atomic E-state index is 6.00. The summed E-state index contributed by atoms with van der Waals surface area (Å²) >= 11 is 0. The predicted molar refractivity (Wildman–Crippen MR) is 73.9 cm³/mol. The molecular weight excluding hydrogens is 240 g/mol. The van der Waals surface area contributed by atoms with E-state index < -0.39 is 0 Å². The zero-order chi connectivity index (χ0) is 13.2. The largest absolute Gasteiger partial charge is 0.381 e. The average molecular weight is 258 g/mol. The summed E-state index contributed by atoms with van der Waals surface area (Å²) in [6.07, 6.45) is 2.12. The summed E-state index contributed by atoms with van der Waals surface area (Å²) < 4.78 is 11.0. The number of aryl methyl sites for hydroxylation is 1. The van der Waals surface area contributed by atoms with E-state index in [0.717, 1.165) is 36.3 Å². The molecular formula is C15H18N2O2. The minimum absolute atomic E-state index is 0.258. The first-order chi connectivity index (χ1) is 9.27. The van der Waals surface area contributed by atoms with E-state index in [0.29, 0.717) is 12.4 Å². The van der Waals surface area contributed by atoms with Crippen LogP contribution in [0.25, 0.3) is 11.1 Å². The molecule has 2 heterocycles. The van der Waals surface area contributed by atoms with E-state index in [9.17, 15) is 0 Å². The van der Waals surface area contributed by atoms with Crippen molar-refractivity contribution < 1.29 is 9.26 Å². The van der Waals surface area contributed by atoms with Crippen molar-refractivity contribution in [2.45, 2.75) is 25.7 Å². The molecule has 1 aliphatic heterocycles. The normalized spacial score (nSPS) is 19.5. The van der Waals surface area contributed by atoms with Gasteiger partial charge in [-0.05, 0) is 30.9 Å². The number of aromatic nitrogens is 1. The average Bonchev–Trinajstić information content (AvgIpc) is 2.82. The molecule has 1 saturated heterocycles. The van der Waals surface area contributed by atoms with Crippen LogP contribution in [0, 0.1) is 6.92 Å². The first-order valence-corrected chi connectivity index (χ1v) is 6.66. The van der Waals surface area contributed by atoms with Crippen molar-refractivity contribution in [2.24, 2.45) is 0 Å². The van der Waals surface area contributed by atoms with Crippen molar-refractivity contribution in [1.82, 2.24) is 5.16 Å². The SMILES string of the molecule is Cc1ccccc1-c1c(N)noc1C1CCCOC1. The lowest BCUT2D eigenvalue weighted by Gasteiger charge is -2.20. The van der Waals surface area contributed by atoms with Gasteiger partial charge in [0.25, 0.3) is 0 Å². The summed E-state index contributed by atoms with van der Waals surface area (Å²) in [5.41, 5.74) is 9.22. The highest BCUT2D eigenvalue weighted by Gasteiger charge is 2.26. The number of nitrogens with zero attached hydrogens (tertiary/aromatic N) is 1. The maximum absolute atomic E-state index is 6.00. The van der Waals surface area contributed by atoms with E-state index in [1.165, 1.54) is 5.56 Å². The number of rotatable bonds is 2. The monoisotopic (exact) mass is 258 g/mol. The van der Waals surface area contributed by atoms with Gasteiger partial charge in [0.1, 0.15) is 0 Å². The van der Waals surface area contributed by atoms with E-state index in [1.807, 2.05) is 12.1 Å². The number of anilines is 1. The van der Waals surface area contributed by atoms with Crippen molar-refractivity contribution in [3.05, 3.63) is 35.6 Å². The van der Waals surface area contributed by atoms with Crippen LogP contribution in [0.3, 0.4) is 0 Å². The molecule has 4 heteroatoms. The summed E-state index contributed by atoms with van der Waals surface area (Å²) in [5, 5.41) is 3.96. The highest BCUT2D eigenvalue weighted by Crippen LogP contribution is 2.38. The van der Waals surface area contributed by atoms with Crippen LogP contribution in [0.15, 0.2) is 28.8 Å². The summed E-state index contributed by atoms with van der Waals surface area (Å²) in [4.78, 5) is 0. The molecule has 0 saturated carbocycles. The second-order valence-corrected chi connectivity index (χ2v) is 5.04. The molecule has 0 aliphatic carbocycles. The van der Waals surface area contributed by atoms with Gasteiger partial charge in [-0.1, -0.05) is 29.4 Å². The zero-order valence-corrected chi connectivity index (χ0v) is 11.1. The van der Waals surface area contributed by atoms with Crippen LogP contribution in [0.4, 0.5) is 5.82 Å². The van der Waals surface area contributed by atoms with E-state index >= 15 is 0 Å². The Kier molecular flexibility index (Phi) is 3.25. The van der Waals surface area contributed by atoms with Crippen LogP contribution in [0.5, 0.6) is 0 Å². The van der Waals surface area contributed by atoms with Gasteiger partial charge >= 0.3 is 0 Å². The van der Waals surface area contributed by atoms with Crippen LogP contribution in [0.1, 0.15) is 30.1 Å². The highest BCUT2D eigenvalue weighted by atomic mass is 16.5. The van der Waals surface area contributed by atoms with Crippen molar-refractivity contribution in [1.29, 1.82) is 0 Å². The third kappa shape index (κ3) is 2.24. The number of nitrogen functional groups attached to an aromatic ring is 1. The predicted octanol–water partition coefficient (Wildman–Crippen LogP) is 3.13. The molecule has 2 N–H and O–H groups in total. The molecule has 1 aliphatic rings. The van der Waals surface area contributed by atoms with Crippen molar-refractivity contribution in [2.75, 3.05) is 18.9 Å². The standard InChI is InChI=1S/C15H18N2O2/c1-10-5-2-3-7-12(10)13-14(19-17-15(13)16)11-6-4-8-18-9-11/h2-3,5,7,11H,4,6,8-9H2,1H3,(H2,16,17). The molecule has 1 unspecified atom stereocenters. The first kappa shape index (κ1) is 12.2. The molecule has 4 nitrogen and oxygen atoms in total. The van der Waals surface area contributed by atoms with Gasteiger partial charge in [-0.2, -0.15) is 0 Å². The zero-order valence-electron chi connectivity index (χ0n) is 11.1. The Bertz CT molecular complexity index is 571. The third-order valence-corrected chi connectivity index (χ3v) is 3.69. The first-order valence-electron chi connectivity index (χ1n) is 6.66. The van der Waals surface area contributed by atoms with Gasteiger partial charge in [0.15, 0.2) is 11.6 Å². The quantitative estimate of drug-likeness (QED) is 0.899. The molecule has 1 atom stereocenters. The molecule has 0 radical (unpaired) electrons. The number of nitrogens with two attached hydrogens (primary N) is 1. The van der Waals surface area contributed by atoms with Crippen molar-refractivity contribution in [3.8, 4) is 11.1 Å². The summed E-state index contributed by atoms with van der Waals surface area (Å²) in [6.45, 7) is 3.59. The number of benzene rings is 1. The Balaban J connectivity index is 2.06. The maximum Gasteiger partial charge on any atom is 0.175 e. The topological polar surface area (TPSA) is 61.3 Å². The Hall–Kier alpha value is -1.81. The smallest absolute Gasteiger partial charge is 0.175 e. The lowest BCUT2D eigenvalue weighted by atomic mass is 9.92. The summed E-state index contributed by atoms with van der Waals surface area (Å²) in [7, 11) is 0. The number of hydrogen-bond donors (Lipinski definition) is 1. The van der Waals surface area contributed by atoms with Gasteiger partial charge in [0.2, 0.25) is 0 Å². The second-order valence-electron chi connectivity index (χ2n) is 5.04. The van der Waals surface area contributed by atoms with Gasteiger partial charge in [-0.15, -0.1) is 0 Å². The molecule has 0 amide bonds. The Morgan fingerprint density at radius 1 is 1.32 bits per heavy atom. The molecule has 1 aromatic heterocycles. The van der Waals surface area contributed by atoms with Gasteiger partial charge in [0.05, 0.1) is 12.2 Å². The van der Waals surface area contributed by atoms with Gasteiger partial charge < -0.3 is 15.0 Å². The fourth-order valence-corrected chi connectivity index (χ4v) is 2.67. The van der Waals surface area contributed by atoms with Crippen LogP contribution >= 0.6 is 0 Å². The van der Waals surface area contributed by atoms with Crippen LogP contribution in [0.2, 0.25) is 0 Å². The summed E-state index contributed by atoms with van der Waals surface area (Å²) in [5.74, 6) is 1.59. The van der Waals surface area contributed by atoms with Gasteiger partial charge in [0, 0.05) is 12.5 Å². The second kappa shape index (κ2) is 5.05. The van der Waals surface area contributed by atoms with Gasteiger partial charge in [-0.25, -0.2) is 0 Å². The molecule has 1 fully saturated rings. The number of ether oxygens (including phenoxy) is 1. The Labute approximate surface area is 112 Å². The highest BCUT2D eigenvalue weighted by molar-refractivity contribution is 5.78. The molecule has 3 rings (SSSR count). The van der Waals surface area contributed by atoms with E-state index in [1.54, 1.807) is 0 Å². The van der Waals surface area contributed by atoms with Gasteiger partial charge in [-0.3, -0.25) is 0 Å². The fraction of sp³-hybridized carbons (Fsp3) is 0.400. The van der Waals surface area contributed by atoms with Crippen LogP contribution in [-0.4, -0.2) is 18.4 Å². The minimum atomic E-state index is 0.258. The van der Waals surface area contributed by atoms with Crippen LogP contribution in [-0.2, 0) is 4.74 Å². The number of hydrogen-bond acceptors (Lipinski definition) is 4. The molecule has 2 aromatic rings. The lowest BCUT2D eigenvalue weighted by molar-refractivity contribution is 0.0723. The van der Waals surface area contributed by atoms with E-state index in [4.69, 9.17) is 15.0 Å². The third-order valence-electron chi connectivity index (χ3n) is 3.69. The Morgan fingerprint density at radius 3 is 2.89 bits per heavy atom. The minimum Gasteiger partial charge on any atom is -0.381 e. The van der Waals surface area contributed by atoms with Crippen LogP contribution < -0.4 is 5.73 Å². The lowest BCUT2D eigenvalue weighted by Crippen LogP contribution is -2.15. The molecule has 100 valence electrons. The van der Waals surface area contributed by atoms with Crippen molar-refractivity contribution in [3.63, 3.8) is 0 Å². The molecule has 19 heavy (non-hydrogen) atoms. The Morgan fingerprint density at radius 2 is 2.16 bits per heavy atom. The van der Waals surface area contributed by atoms with E-state index in [2.05, 4.69) is 24.2 Å². The van der Waals surface area contributed by atoms with E-state index in [-0.39, 0.29) is 5.92 Å². The summed E-state index contributed by atoms with van der Waals surface area (Å²) in [6, 6.07) is 8.16. The molecule has 0 bridgehead atoms. The molecule has 0 spiro atoms.